The van der Waals surface area contributed by atoms with E-state index in [0.717, 1.165) is 59.4 Å². The number of rotatable bonds is 5. The Morgan fingerprint density at radius 3 is 1.83 bits per heavy atom. The molecule has 5 heterocycles. The zero-order chi connectivity index (χ0) is 46.3. The number of nitrogens with zero attached hydrogens (tertiary/aromatic N) is 5. The molecule has 0 saturated carbocycles. The molecular formula is C57H47N5OPt. The molecule has 7 aromatic carbocycles. The van der Waals surface area contributed by atoms with Crippen molar-refractivity contribution >= 4 is 70.9 Å². The van der Waals surface area contributed by atoms with E-state index in [2.05, 4.69) is 176 Å². The van der Waals surface area contributed by atoms with Crippen LogP contribution in [0.1, 0.15) is 62.3 Å². The molecule has 6 nitrogen and oxygen atoms in total. The van der Waals surface area contributed by atoms with E-state index >= 15 is 0 Å². The molecule has 0 aliphatic heterocycles. The van der Waals surface area contributed by atoms with Crippen LogP contribution in [-0.2, 0) is 30.2 Å². The summed E-state index contributed by atoms with van der Waals surface area (Å²) in [5.41, 5.74) is 11.9. The third-order valence-electron chi connectivity index (χ3n) is 13.0. The van der Waals surface area contributed by atoms with Crippen LogP contribution in [0, 0.1) is 10.7 Å². The SMILES string of the molecule is [2H]C([2H])([2H])c1ccc(-n2[c](=[Pt])n(-c3cc(C(C)(C)C)cc(C(C)(C)C)c3)c3ccccc32)cc1Oc1ccc2c3cc4c5cccc6c7ccccc7n(c4cc3n(-c3ccccn3)c2c1)c65. The number of ether oxygens (including phenoxy) is 1. The number of aryl methyl sites for hydroxylation is 1. The number of hydrogen-bond acceptors (Lipinski definition) is 2. The zero-order valence-corrected chi connectivity index (χ0v) is 38.7. The second-order valence-electron chi connectivity index (χ2n) is 19.1. The van der Waals surface area contributed by atoms with E-state index in [-0.39, 0.29) is 22.1 Å². The minimum absolute atomic E-state index is 0.0652. The fourth-order valence-corrected chi connectivity index (χ4v) is 10.9. The summed E-state index contributed by atoms with van der Waals surface area (Å²) >= 11 is 2.41. The van der Waals surface area contributed by atoms with Crippen molar-refractivity contribution in [3.8, 4) is 28.7 Å². The van der Waals surface area contributed by atoms with E-state index in [1.54, 1.807) is 6.07 Å². The Balaban J connectivity index is 1.04. The first-order chi connectivity index (χ1) is 32.0. The fourth-order valence-electron chi connectivity index (χ4n) is 9.78. The number of benzene rings is 7. The summed E-state index contributed by atoms with van der Waals surface area (Å²) in [6.07, 6.45) is 1.81. The molecule has 0 atom stereocenters. The number of hydrogen-bond donors (Lipinski definition) is 0. The van der Waals surface area contributed by atoms with E-state index in [1.165, 1.54) is 43.7 Å². The molecule has 0 aliphatic carbocycles. The van der Waals surface area contributed by atoms with Crippen molar-refractivity contribution in [1.82, 2.24) is 23.1 Å². The van der Waals surface area contributed by atoms with Crippen LogP contribution >= 0.6 is 0 Å². The van der Waals surface area contributed by atoms with Gasteiger partial charge in [-0.2, -0.15) is 0 Å². The molecule has 0 saturated heterocycles. The molecule has 316 valence electrons. The van der Waals surface area contributed by atoms with Crippen molar-refractivity contribution in [2.75, 3.05) is 0 Å². The average molecular weight is 1020 g/mol. The number of fused-ring (bicyclic) bond motifs is 10. The Morgan fingerprint density at radius 2 is 1.12 bits per heavy atom. The van der Waals surface area contributed by atoms with Gasteiger partial charge in [-0.3, -0.25) is 0 Å². The Bertz CT molecular complexity index is 4020. The minimum atomic E-state index is -2.44. The first-order valence-corrected chi connectivity index (χ1v) is 22.9. The molecule has 5 aromatic heterocycles. The molecule has 0 unspecified atom stereocenters. The van der Waals surface area contributed by atoms with E-state index < -0.39 is 6.85 Å². The van der Waals surface area contributed by atoms with Crippen molar-refractivity contribution < 1.29 is 28.2 Å². The number of imidazole rings is 1. The monoisotopic (exact) mass is 1020 g/mol. The van der Waals surface area contributed by atoms with Gasteiger partial charge in [0, 0.05) is 27.7 Å². The van der Waals surface area contributed by atoms with Gasteiger partial charge in [-0.25, -0.2) is 0 Å². The summed E-state index contributed by atoms with van der Waals surface area (Å²) in [5, 5.41) is 7.00. The number of pyridine rings is 1. The molecule has 0 fully saturated rings. The first kappa shape index (κ1) is 35.7. The summed E-state index contributed by atoms with van der Waals surface area (Å²) in [6, 6.07) is 52.6. The quantitative estimate of drug-likeness (QED) is 0.172. The maximum absolute atomic E-state index is 8.66. The second-order valence-corrected chi connectivity index (χ2v) is 20.1. The largest absolute Gasteiger partial charge is 0.0620 e. The standard InChI is InChI=1S/C57H47N5O.Pt/c1-35-22-23-38(59-34-60(49-20-11-10-19-48(49)59)39-28-36(56(2,3)4)27-37(29-39)57(5,6)7)30-53(35)63-40-24-25-42-45-32-46-44-17-14-16-43-41-15-8-9-18-47(41)62(55(43)44)52(46)33-51(45)61(50(42)31-40)54-21-12-13-26-58-54;/h8-33H,1-7H3;/i1D3;. The van der Waals surface area contributed by atoms with Crippen LogP contribution in [0.25, 0.3) is 88.1 Å². The molecule has 0 bridgehead atoms. The molecule has 7 heteroatoms. The van der Waals surface area contributed by atoms with Gasteiger partial charge in [0.2, 0.25) is 0 Å². The smallest absolute Gasteiger partial charge is 0.0620 e. The number of aromatic nitrogens is 5. The van der Waals surface area contributed by atoms with Gasteiger partial charge < -0.3 is 4.40 Å². The van der Waals surface area contributed by atoms with Gasteiger partial charge in [-0.05, 0) is 12.1 Å². The van der Waals surface area contributed by atoms with Gasteiger partial charge >= 0.3 is 285 Å². The fraction of sp³-hybridized carbons (Fsp3) is 0.158. The summed E-state index contributed by atoms with van der Waals surface area (Å²) < 4.78 is 42.8. The van der Waals surface area contributed by atoms with Crippen LogP contribution in [0.3, 0.4) is 0 Å². The summed E-state index contributed by atoms with van der Waals surface area (Å²) in [6.45, 7) is 11.1. The minimum Gasteiger partial charge on any atom is 0.0620 e. The van der Waals surface area contributed by atoms with Crippen LogP contribution in [0.5, 0.6) is 11.5 Å². The van der Waals surface area contributed by atoms with Crippen LogP contribution in [-0.4, -0.2) is 23.1 Å². The predicted octanol–water partition coefficient (Wildman–Crippen LogP) is 14.8. The van der Waals surface area contributed by atoms with Crippen molar-refractivity contribution in [2.45, 2.75) is 59.2 Å². The molecule has 0 N–H and O–H groups in total. The average Bonchev–Trinajstić information content (AvgIpc) is 4.01. The summed E-state index contributed by atoms with van der Waals surface area (Å²) in [7, 11) is 0. The van der Waals surface area contributed by atoms with Crippen molar-refractivity contribution in [3.05, 3.63) is 178 Å². The topological polar surface area (TPSA) is 41.3 Å². The molecular weight excluding hydrogens is 966 g/mol. The molecule has 0 radical (unpaired) electrons. The molecule has 12 aromatic rings. The van der Waals surface area contributed by atoms with E-state index in [9.17, 15) is 0 Å². The maximum Gasteiger partial charge on any atom is 0.0620 e. The normalized spacial score (nSPS) is 13.6. The van der Waals surface area contributed by atoms with Gasteiger partial charge in [0.15, 0.2) is 0 Å². The van der Waals surface area contributed by atoms with Gasteiger partial charge in [0.1, 0.15) is 0 Å². The van der Waals surface area contributed by atoms with Gasteiger partial charge in [0.25, 0.3) is 0 Å². The second kappa shape index (κ2) is 13.9. The molecule has 0 aliphatic rings. The van der Waals surface area contributed by atoms with Crippen LogP contribution in [0.15, 0.2) is 158 Å². The number of para-hydroxylation sites is 4. The molecule has 0 spiro atoms. The third-order valence-corrected chi connectivity index (χ3v) is 14.0. The first-order valence-electron chi connectivity index (χ1n) is 23.3. The zero-order valence-electron chi connectivity index (χ0n) is 39.5. The van der Waals surface area contributed by atoms with E-state index in [1.807, 2.05) is 54.7 Å². The third kappa shape index (κ3) is 5.81. The van der Waals surface area contributed by atoms with Crippen LogP contribution in [0.2, 0.25) is 0 Å². The molecule has 0 amide bonds. The van der Waals surface area contributed by atoms with E-state index in [4.69, 9.17) is 13.8 Å². The summed E-state index contributed by atoms with van der Waals surface area (Å²) in [4.78, 5) is 4.86. The maximum atomic E-state index is 8.66. The molecule has 12 rings (SSSR count). The van der Waals surface area contributed by atoms with Crippen LogP contribution in [0.4, 0.5) is 0 Å². The summed E-state index contributed by atoms with van der Waals surface area (Å²) in [5.74, 6) is 1.55. The van der Waals surface area contributed by atoms with Gasteiger partial charge in [0.05, 0.1) is 16.6 Å². The van der Waals surface area contributed by atoms with Crippen molar-refractivity contribution in [3.63, 3.8) is 0 Å². The Morgan fingerprint density at radius 1 is 0.500 bits per heavy atom. The van der Waals surface area contributed by atoms with E-state index in [0.29, 0.717) is 5.75 Å². The predicted molar refractivity (Wildman–Crippen MR) is 261 cm³/mol. The van der Waals surface area contributed by atoms with Crippen molar-refractivity contribution in [2.24, 2.45) is 0 Å². The van der Waals surface area contributed by atoms with Crippen molar-refractivity contribution in [1.29, 1.82) is 0 Å². The molecule has 64 heavy (non-hydrogen) atoms. The van der Waals surface area contributed by atoms with Gasteiger partial charge in [-0.1, -0.05) is 42.5 Å². The van der Waals surface area contributed by atoms with Crippen LogP contribution < -0.4 is 4.74 Å². The Kier molecular flexibility index (Phi) is 7.73. The Hall–Kier alpha value is -6.75. The van der Waals surface area contributed by atoms with Gasteiger partial charge in [-0.15, -0.1) is 0 Å². The Labute approximate surface area is 386 Å².